The fraction of sp³-hybridized carbons (Fsp3) is 0.571. The largest absolute Gasteiger partial charge is 0.419 e. The van der Waals surface area contributed by atoms with E-state index in [1.807, 2.05) is 29.3 Å². The van der Waals surface area contributed by atoms with Crippen LogP contribution in [-0.4, -0.2) is 39.7 Å². The van der Waals surface area contributed by atoms with Gasteiger partial charge in [-0.1, -0.05) is 12.5 Å². The van der Waals surface area contributed by atoms with E-state index in [2.05, 4.69) is 28.4 Å². The molecule has 1 saturated carbocycles. The lowest BCUT2D eigenvalue weighted by atomic mass is 10.2. The summed E-state index contributed by atoms with van der Waals surface area (Å²) in [4.78, 5) is 3.40. The summed E-state index contributed by atoms with van der Waals surface area (Å²) >= 11 is 3.60. The van der Waals surface area contributed by atoms with Gasteiger partial charge in [-0.2, -0.15) is 11.8 Å². The number of rotatable bonds is 5. The zero-order valence-corrected chi connectivity index (χ0v) is 13.4. The molecule has 0 aliphatic heterocycles. The van der Waals surface area contributed by atoms with E-state index in [1.165, 1.54) is 19.3 Å². The molecule has 0 aromatic carbocycles. The van der Waals surface area contributed by atoms with Gasteiger partial charge in [-0.15, -0.1) is 21.5 Å². The monoisotopic (exact) mass is 309 g/mol. The molecule has 1 fully saturated rings. The minimum Gasteiger partial charge on any atom is -0.419 e. The number of hydrogen-bond acceptors (Lipinski definition) is 6. The van der Waals surface area contributed by atoms with Crippen LogP contribution in [0, 0.1) is 0 Å². The zero-order chi connectivity index (χ0) is 13.9. The molecule has 0 radical (unpaired) electrons. The molecule has 0 unspecified atom stereocenters. The summed E-state index contributed by atoms with van der Waals surface area (Å²) in [6, 6.07) is 4.63. The van der Waals surface area contributed by atoms with Crippen LogP contribution in [0.2, 0.25) is 0 Å². The third-order valence-corrected chi connectivity index (χ3v) is 5.88. The van der Waals surface area contributed by atoms with Crippen LogP contribution in [0.3, 0.4) is 0 Å². The van der Waals surface area contributed by atoms with Crippen molar-refractivity contribution in [2.75, 3.05) is 13.3 Å². The molecule has 0 N–H and O–H groups in total. The van der Waals surface area contributed by atoms with Crippen LogP contribution in [0.15, 0.2) is 21.9 Å². The van der Waals surface area contributed by atoms with Crippen molar-refractivity contribution >= 4 is 23.1 Å². The zero-order valence-electron chi connectivity index (χ0n) is 11.8. The van der Waals surface area contributed by atoms with Gasteiger partial charge in [0.15, 0.2) is 0 Å². The average molecular weight is 309 g/mol. The smallest absolute Gasteiger partial charge is 0.257 e. The Balaban J connectivity index is 1.66. The Hall–Kier alpha value is -0.850. The van der Waals surface area contributed by atoms with Crippen molar-refractivity contribution in [3.8, 4) is 10.8 Å². The quantitative estimate of drug-likeness (QED) is 0.845. The van der Waals surface area contributed by atoms with E-state index in [-0.39, 0.29) is 0 Å². The highest BCUT2D eigenvalue weighted by molar-refractivity contribution is 7.99. The molecular weight excluding hydrogens is 290 g/mol. The summed E-state index contributed by atoms with van der Waals surface area (Å²) in [6.07, 6.45) is 6.12. The van der Waals surface area contributed by atoms with Crippen molar-refractivity contribution in [1.29, 1.82) is 0 Å². The highest BCUT2D eigenvalue weighted by atomic mass is 32.2. The van der Waals surface area contributed by atoms with Gasteiger partial charge in [0.2, 0.25) is 5.89 Å². The first kappa shape index (κ1) is 14.1. The molecule has 2 heterocycles. The maximum Gasteiger partial charge on any atom is 0.257 e. The highest BCUT2D eigenvalue weighted by Crippen LogP contribution is 2.32. The van der Waals surface area contributed by atoms with E-state index in [0.717, 1.165) is 16.7 Å². The van der Waals surface area contributed by atoms with E-state index in [4.69, 9.17) is 4.42 Å². The standard InChI is InChI=1S/C14H19N3OS2/c1-17(10-5-3-6-11(10)19-2)9-13-15-16-14(18-13)12-7-4-8-20-12/h4,7-8,10-11H,3,5-6,9H2,1-2H3/t10-,11-/m1/s1. The van der Waals surface area contributed by atoms with Crippen LogP contribution >= 0.6 is 23.1 Å². The molecule has 0 bridgehead atoms. The summed E-state index contributed by atoms with van der Waals surface area (Å²) < 4.78 is 5.77. The first-order valence-electron chi connectivity index (χ1n) is 6.87. The molecular formula is C14H19N3OS2. The minimum atomic E-state index is 0.627. The Labute approximate surface area is 127 Å². The van der Waals surface area contributed by atoms with Gasteiger partial charge >= 0.3 is 0 Å². The predicted molar refractivity (Wildman–Crippen MR) is 84.0 cm³/mol. The van der Waals surface area contributed by atoms with Crippen LogP contribution < -0.4 is 0 Å². The lowest BCUT2D eigenvalue weighted by molar-refractivity contribution is 0.219. The summed E-state index contributed by atoms with van der Waals surface area (Å²) in [5, 5.41) is 11.1. The fourth-order valence-corrected chi connectivity index (χ4v) is 4.54. The maximum absolute atomic E-state index is 5.77. The Morgan fingerprint density at radius 1 is 1.45 bits per heavy atom. The first-order valence-corrected chi connectivity index (χ1v) is 9.04. The lowest BCUT2D eigenvalue weighted by Gasteiger charge is -2.27. The molecule has 20 heavy (non-hydrogen) atoms. The molecule has 0 saturated heterocycles. The Morgan fingerprint density at radius 2 is 2.35 bits per heavy atom. The van der Waals surface area contributed by atoms with Gasteiger partial charge in [0.05, 0.1) is 11.4 Å². The molecule has 3 rings (SSSR count). The molecule has 2 atom stereocenters. The lowest BCUT2D eigenvalue weighted by Crippen LogP contribution is -2.35. The van der Waals surface area contributed by atoms with Gasteiger partial charge in [0, 0.05) is 11.3 Å². The maximum atomic E-state index is 5.77. The van der Waals surface area contributed by atoms with Crippen LogP contribution in [0.5, 0.6) is 0 Å². The predicted octanol–water partition coefficient (Wildman–Crippen LogP) is 3.51. The van der Waals surface area contributed by atoms with Crippen LogP contribution in [0.4, 0.5) is 0 Å². The Kier molecular flexibility index (Phi) is 4.43. The Morgan fingerprint density at radius 3 is 3.10 bits per heavy atom. The van der Waals surface area contributed by atoms with Crippen molar-refractivity contribution in [3.63, 3.8) is 0 Å². The average Bonchev–Trinajstić information content (AvgIpc) is 3.19. The minimum absolute atomic E-state index is 0.627. The number of thiophene rings is 1. The second-order valence-corrected chi connectivity index (χ2v) is 7.19. The van der Waals surface area contributed by atoms with Gasteiger partial charge in [0.25, 0.3) is 5.89 Å². The molecule has 1 aliphatic carbocycles. The molecule has 2 aromatic rings. The number of nitrogens with zero attached hydrogens (tertiary/aromatic N) is 3. The van der Waals surface area contributed by atoms with E-state index < -0.39 is 0 Å². The third kappa shape index (κ3) is 2.92. The van der Waals surface area contributed by atoms with Crippen molar-refractivity contribution in [2.24, 2.45) is 0 Å². The van der Waals surface area contributed by atoms with Crippen LogP contribution in [0.25, 0.3) is 10.8 Å². The van der Waals surface area contributed by atoms with E-state index >= 15 is 0 Å². The van der Waals surface area contributed by atoms with Crippen LogP contribution in [-0.2, 0) is 6.54 Å². The highest BCUT2D eigenvalue weighted by Gasteiger charge is 2.30. The molecule has 108 valence electrons. The number of hydrogen-bond donors (Lipinski definition) is 0. The Bertz CT molecular complexity index is 540. The third-order valence-electron chi connectivity index (χ3n) is 3.87. The first-order chi connectivity index (χ1) is 9.78. The summed E-state index contributed by atoms with van der Waals surface area (Å²) in [5.41, 5.74) is 0. The normalized spacial score (nSPS) is 22.8. The topological polar surface area (TPSA) is 42.2 Å². The van der Waals surface area contributed by atoms with Gasteiger partial charge in [-0.3, -0.25) is 4.90 Å². The number of aromatic nitrogens is 2. The van der Waals surface area contributed by atoms with E-state index in [9.17, 15) is 0 Å². The second-order valence-electron chi connectivity index (χ2n) is 5.17. The van der Waals surface area contributed by atoms with E-state index in [1.54, 1.807) is 11.3 Å². The summed E-state index contributed by atoms with van der Waals surface area (Å²) in [5.74, 6) is 1.35. The SMILES string of the molecule is CS[C@@H]1CCC[C@H]1N(C)Cc1nnc(-c2cccs2)o1. The van der Waals surface area contributed by atoms with Crippen molar-refractivity contribution in [1.82, 2.24) is 15.1 Å². The molecule has 1 aliphatic rings. The van der Waals surface area contributed by atoms with Gasteiger partial charge in [0.1, 0.15) is 0 Å². The van der Waals surface area contributed by atoms with Crippen molar-refractivity contribution in [3.05, 3.63) is 23.4 Å². The molecule has 2 aromatic heterocycles. The number of thioether (sulfide) groups is 1. The summed E-state index contributed by atoms with van der Waals surface area (Å²) in [6.45, 7) is 0.736. The molecule has 0 spiro atoms. The van der Waals surface area contributed by atoms with Crippen molar-refractivity contribution in [2.45, 2.75) is 37.1 Å². The summed E-state index contributed by atoms with van der Waals surface area (Å²) in [7, 11) is 2.16. The van der Waals surface area contributed by atoms with Crippen molar-refractivity contribution < 1.29 is 4.42 Å². The van der Waals surface area contributed by atoms with Crippen LogP contribution in [0.1, 0.15) is 25.2 Å². The van der Waals surface area contributed by atoms with E-state index in [0.29, 0.717) is 17.8 Å². The second kappa shape index (κ2) is 6.28. The van der Waals surface area contributed by atoms with Gasteiger partial charge in [-0.05, 0) is 37.6 Å². The van der Waals surface area contributed by atoms with Gasteiger partial charge in [-0.25, -0.2) is 0 Å². The van der Waals surface area contributed by atoms with Gasteiger partial charge < -0.3 is 4.42 Å². The fourth-order valence-electron chi connectivity index (χ4n) is 2.83. The molecule has 0 amide bonds. The molecule has 4 nitrogen and oxygen atoms in total. The molecule has 6 heteroatoms.